The lowest BCUT2D eigenvalue weighted by Crippen LogP contribution is -1.82. The van der Waals surface area contributed by atoms with E-state index in [0.717, 1.165) is 29.0 Å². The zero-order valence-electron chi connectivity index (χ0n) is 10.3. The molecular weight excluding hydrogens is 375 g/mol. The summed E-state index contributed by atoms with van der Waals surface area (Å²) in [5.41, 5.74) is 0. The summed E-state index contributed by atoms with van der Waals surface area (Å²) >= 11 is 6.76. The van der Waals surface area contributed by atoms with E-state index in [9.17, 15) is 0 Å². The first-order valence-electron chi connectivity index (χ1n) is 5.43. The highest BCUT2D eigenvalue weighted by molar-refractivity contribution is 9.10. The van der Waals surface area contributed by atoms with E-state index in [-0.39, 0.29) is 0 Å². The van der Waals surface area contributed by atoms with Gasteiger partial charge in [-0.2, -0.15) is 0 Å². The van der Waals surface area contributed by atoms with Gasteiger partial charge in [0.15, 0.2) is 0 Å². The minimum atomic E-state index is 0.834. The Labute approximate surface area is 127 Å². The molecule has 0 aromatic heterocycles. The Balaban J connectivity index is 0.000000492. The predicted octanol–water partition coefficient (Wildman–Crippen LogP) is 5.93. The number of hydrogen-bond acceptors (Lipinski definition) is 1. The molecule has 4 heteroatoms. The van der Waals surface area contributed by atoms with Crippen molar-refractivity contribution in [3.63, 3.8) is 0 Å². The molecule has 0 atom stereocenters. The van der Waals surface area contributed by atoms with E-state index < -0.39 is 0 Å². The van der Waals surface area contributed by atoms with Crippen molar-refractivity contribution in [2.24, 2.45) is 0 Å². The van der Waals surface area contributed by atoms with Gasteiger partial charge in [0.2, 0.25) is 0 Å². The molecular formula is C14H15Br2OP. The maximum Gasteiger partial charge on any atom is 0.127 e. The van der Waals surface area contributed by atoms with Gasteiger partial charge in [0.25, 0.3) is 0 Å². The van der Waals surface area contributed by atoms with Gasteiger partial charge in [-0.15, -0.1) is 8.58 Å². The fourth-order valence-electron chi connectivity index (χ4n) is 1.14. The zero-order valence-corrected chi connectivity index (χ0v) is 14.5. The second-order valence-corrected chi connectivity index (χ2v) is 6.34. The maximum absolute atomic E-state index is 5.65. The normalized spacial score (nSPS) is 9.33. The van der Waals surface area contributed by atoms with Gasteiger partial charge in [-0.25, -0.2) is 0 Å². The fraction of sp³-hybridized carbons (Fsp3) is 0.143. The second-order valence-electron chi connectivity index (χ2n) is 3.51. The molecule has 0 fully saturated rings. The van der Waals surface area contributed by atoms with Crippen molar-refractivity contribution in [3.05, 3.63) is 57.5 Å². The van der Waals surface area contributed by atoms with Gasteiger partial charge in [-0.3, -0.25) is 0 Å². The molecule has 0 aliphatic carbocycles. The van der Waals surface area contributed by atoms with Crippen LogP contribution in [-0.2, 0) is 0 Å². The van der Waals surface area contributed by atoms with Crippen molar-refractivity contribution in [1.29, 1.82) is 0 Å². The molecule has 0 radical (unpaired) electrons. The number of benzene rings is 2. The molecule has 0 bridgehead atoms. The Kier molecular flexibility index (Phi) is 7.57. The molecule has 0 amide bonds. The largest absolute Gasteiger partial charge is 0.457 e. The average Bonchev–Trinajstić information content (AvgIpc) is 2.36. The van der Waals surface area contributed by atoms with Crippen LogP contribution < -0.4 is 4.74 Å². The molecule has 0 N–H and O–H groups in total. The van der Waals surface area contributed by atoms with Crippen LogP contribution in [0.15, 0.2) is 57.5 Å². The molecule has 0 spiro atoms. The van der Waals surface area contributed by atoms with Crippen LogP contribution in [0.2, 0.25) is 0 Å². The van der Waals surface area contributed by atoms with Crippen molar-refractivity contribution < 1.29 is 4.74 Å². The first-order valence-corrected chi connectivity index (χ1v) is 9.01. The lowest BCUT2D eigenvalue weighted by atomic mass is 10.3. The third-order valence-electron chi connectivity index (χ3n) is 1.86. The lowest BCUT2D eigenvalue weighted by Gasteiger charge is -2.05. The Morgan fingerprint density at radius 1 is 0.722 bits per heavy atom. The third kappa shape index (κ3) is 5.99. The number of ether oxygens (including phenoxy) is 1. The van der Waals surface area contributed by atoms with Crippen LogP contribution in [0.25, 0.3) is 0 Å². The van der Waals surface area contributed by atoms with Crippen LogP contribution in [0.1, 0.15) is 0 Å². The summed E-state index contributed by atoms with van der Waals surface area (Å²) < 4.78 is 7.74. The molecule has 0 aliphatic rings. The van der Waals surface area contributed by atoms with E-state index in [0.29, 0.717) is 0 Å². The summed E-state index contributed by atoms with van der Waals surface area (Å²) in [4.78, 5) is 0. The summed E-state index contributed by atoms with van der Waals surface area (Å²) in [6.07, 6.45) is 0. The van der Waals surface area contributed by atoms with Crippen LogP contribution in [-0.4, -0.2) is 13.3 Å². The van der Waals surface area contributed by atoms with E-state index in [1.807, 2.05) is 48.5 Å². The number of hydrogen-bond donors (Lipinski definition) is 0. The van der Waals surface area contributed by atoms with Crippen molar-refractivity contribution in [2.75, 3.05) is 13.3 Å². The summed E-state index contributed by atoms with van der Waals surface area (Å²) in [6.45, 7) is 4.31. The molecule has 0 heterocycles. The highest BCUT2D eigenvalue weighted by Crippen LogP contribution is 2.24. The quantitative estimate of drug-likeness (QED) is 0.578. The maximum atomic E-state index is 5.65. The Morgan fingerprint density at radius 3 is 1.28 bits per heavy atom. The molecule has 0 saturated heterocycles. The van der Waals surface area contributed by atoms with Gasteiger partial charge in [0.05, 0.1) is 0 Å². The first-order chi connectivity index (χ1) is 8.65. The standard InChI is InChI=1S/C12H8Br2O.C2H7P/c13-9-1-5-11(6-2-9)15-12-7-3-10(14)4-8-12;1-3-2/h1-8H;3H,1-2H3. The van der Waals surface area contributed by atoms with E-state index in [1.54, 1.807) is 0 Å². The minimum absolute atomic E-state index is 0.834. The van der Waals surface area contributed by atoms with Gasteiger partial charge >= 0.3 is 0 Å². The Hall–Kier alpha value is -0.370. The predicted molar refractivity (Wildman–Crippen MR) is 88.5 cm³/mol. The molecule has 2 aromatic carbocycles. The van der Waals surface area contributed by atoms with E-state index >= 15 is 0 Å². The van der Waals surface area contributed by atoms with Gasteiger partial charge in [0, 0.05) is 8.95 Å². The summed E-state index contributed by atoms with van der Waals surface area (Å²) in [5.74, 6) is 1.67. The van der Waals surface area contributed by atoms with Gasteiger partial charge in [-0.05, 0) is 61.9 Å². The molecule has 18 heavy (non-hydrogen) atoms. The number of rotatable bonds is 2. The molecule has 2 rings (SSSR count). The molecule has 2 aromatic rings. The van der Waals surface area contributed by atoms with Crippen LogP contribution >= 0.6 is 40.4 Å². The third-order valence-corrected chi connectivity index (χ3v) is 2.92. The smallest absolute Gasteiger partial charge is 0.127 e. The minimum Gasteiger partial charge on any atom is -0.457 e. The highest BCUT2D eigenvalue weighted by atomic mass is 79.9. The van der Waals surface area contributed by atoms with Gasteiger partial charge in [0.1, 0.15) is 11.5 Å². The topological polar surface area (TPSA) is 9.23 Å². The molecule has 0 aliphatic heterocycles. The lowest BCUT2D eigenvalue weighted by molar-refractivity contribution is 0.482. The SMILES string of the molecule is Brc1ccc(Oc2ccc(Br)cc2)cc1.CPC. The molecule has 96 valence electrons. The van der Waals surface area contributed by atoms with E-state index in [1.165, 1.54) is 0 Å². The summed E-state index contributed by atoms with van der Waals surface area (Å²) in [5, 5.41) is 0. The Morgan fingerprint density at radius 2 is 1.00 bits per heavy atom. The van der Waals surface area contributed by atoms with E-state index in [4.69, 9.17) is 4.74 Å². The number of halogens is 2. The van der Waals surface area contributed by atoms with Crippen LogP contribution in [0, 0.1) is 0 Å². The molecule has 1 nitrogen and oxygen atoms in total. The van der Waals surface area contributed by atoms with Crippen LogP contribution in [0.4, 0.5) is 0 Å². The summed E-state index contributed by atoms with van der Waals surface area (Å²) in [7, 11) is 1.08. The molecule has 0 saturated carbocycles. The Bertz CT molecular complexity index is 411. The van der Waals surface area contributed by atoms with Gasteiger partial charge in [-0.1, -0.05) is 31.9 Å². The fourth-order valence-corrected chi connectivity index (χ4v) is 1.67. The van der Waals surface area contributed by atoms with Gasteiger partial charge < -0.3 is 4.74 Å². The van der Waals surface area contributed by atoms with Crippen molar-refractivity contribution in [2.45, 2.75) is 0 Å². The van der Waals surface area contributed by atoms with Crippen molar-refractivity contribution >= 4 is 40.4 Å². The van der Waals surface area contributed by atoms with Crippen LogP contribution in [0.5, 0.6) is 11.5 Å². The highest BCUT2D eigenvalue weighted by Gasteiger charge is 1.96. The zero-order chi connectivity index (χ0) is 13.4. The monoisotopic (exact) mass is 388 g/mol. The van der Waals surface area contributed by atoms with Crippen molar-refractivity contribution in [3.8, 4) is 11.5 Å². The second kappa shape index (κ2) is 8.68. The average molecular weight is 390 g/mol. The summed E-state index contributed by atoms with van der Waals surface area (Å²) in [6, 6.07) is 15.5. The van der Waals surface area contributed by atoms with E-state index in [2.05, 4.69) is 45.2 Å². The van der Waals surface area contributed by atoms with Crippen molar-refractivity contribution in [1.82, 2.24) is 0 Å². The molecule has 0 unspecified atom stereocenters. The first kappa shape index (κ1) is 15.7. The van der Waals surface area contributed by atoms with Crippen LogP contribution in [0.3, 0.4) is 0 Å².